The van der Waals surface area contributed by atoms with Crippen LogP contribution in [0.3, 0.4) is 0 Å². The molecular weight excluding hydrogens is 367 g/mol. The van der Waals surface area contributed by atoms with Crippen molar-refractivity contribution in [1.82, 2.24) is 15.1 Å². The summed E-state index contributed by atoms with van der Waals surface area (Å²) in [6.07, 6.45) is 3.42. The zero-order valence-electron chi connectivity index (χ0n) is 12.1. The lowest BCUT2D eigenvalue weighted by Crippen LogP contribution is -2.36. The number of benzene rings is 1. The van der Waals surface area contributed by atoms with Crippen LogP contribution < -0.4 is 10.6 Å². The van der Waals surface area contributed by atoms with Gasteiger partial charge in [-0.25, -0.2) is 4.39 Å². The van der Waals surface area contributed by atoms with Crippen LogP contribution in [0.2, 0.25) is 0 Å². The molecule has 1 fully saturated rings. The Kier molecular flexibility index (Phi) is 4.42. The van der Waals surface area contributed by atoms with E-state index in [0.29, 0.717) is 10.0 Å². The highest BCUT2D eigenvalue weighted by molar-refractivity contribution is 9.10. The van der Waals surface area contributed by atoms with Gasteiger partial charge in [0.25, 0.3) is 0 Å². The van der Waals surface area contributed by atoms with Crippen molar-refractivity contribution in [3.63, 3.8) is 0 Å². The molecule has 3 rings (SSSR count). The number of halogens is 2. The summed E-state index contributed by atoms with van der Waals surface area (Å²) in [5.41, 5.74) is 0.479. The van der Waals surface area contributed by atoms with E-state index in [4.69, 9.17) is 0 Å². The molecule has 1 aromatic heterocycles. The van der Waals surface area contributed by atoms with Gasteiger partial charge >= 0.3 is 11.8 Å². The molecule has 1 heterocycles. The molecule has 2 amide bonds. The first-order chi connectivity index (χ1) is 11.0. The van der Waals surface area contributed by atoms with Gasteiger partial charge in [0, 0.05) is 17.8 Å². The molecule has 0 unspecified atom stereocenters. The van der Waals surface area contributed by atoms with Gasteiger partial charge in [0.2, 0.25) is 0 Å². The van der Waals surface area contributed by atoms with Gasteiger partial charge in [-0.2, -0.15) is 5.10 Å². The highest BCUT2D eigenvalue weighted by atomic mass is 79.9. The Balaban J connectivity index is 1.67. The SMILES string of the molecule is O=C(Nc1nn(Cc2ccccc2F)cc1Br)C(=O)NC1CC1. The molecule has 0 saturated heterocycles. The third-order valence-electron chi connectivity index (χ3n) is 3.36. The second kappa shape index (κ2) is 6.49. The van der Waals surface area contributed by atoms with Gasteiger partial charge in [-0.05, 0) is 34.8 Å². The van der Waals surface area contributed by atoms with Gasteiger partial charge in [0.05, 0.1) is 11.0 Å². The van der Waals surface area contributed by atoms with Crippen molar-refractivity contribution < 1.29 is 14.0 Å². The Bertz CT molecular complexity index is 758. The largest absolute Gasteiger partial charge is 0.345 e. The van der Waals surface area contributed by atoms with Crippen molar-refractivity contribution in [2.45, 2.75) is 25.4 Å². The molecule has 0 atom stereocenters. The molecule has 8 heteroatoms. The van der Waals surface area contributed by atoms with E-state index in [-0.39, 0.29) is 24.2 Å². The van der Waals surface area contributed by atoms with Crippen LogP contribution in [0.25, 0.3) is 0 Å². The van der Waals surface area contributed by atoms with Crippen molar-refractivity contribution in [3.05, 3.63) is 46.3 Å². The Morgan fingerprint density at radius 3 is 2.74 bits per heavy atom. The second-order valence-electron chi connectivity index (χ2n) is 5.32. The van der Waals surface area contributed by atoms with Crippen molar-refractivity contribution in [3.8, 4) is 0 Å². The smallest absolute Gasteiger partial charge is 0.314 e. The maximum atomic E-state index is 13.7. The number of anilines is 1. The molecule has 1 aliphatic carbocycles. The van der Waals surface area contributed by atoms with Gasteiger partial charge in [-0.3, -0.25) is 19.6 Å². The standard InChI is InChI=1S/C15H14BrFN4O2/c16-11-8-21(7-9-3-1-2-4-12(9)17)20-13(11)19-15(23)14(22)18-10-5-6-10/h1-4,8,10H,5-7H2,(H,18,22)(H,19,20,23). The number of aromatic nitrogens is 2. The lowest BCUT2D eigenvalue weighted by atomic mass is 10.2. The first-order valence-corrected chi connectivity index (χ1v) is 7.90. The first-order valence-electron chi connectivity index (χ1n) is 7.11. The number of amides is 2. The average molecular weight is 381 g/mol. The summed E-state index contributed by atoms with van der Waals surface area (Å²) in [4.78, 5) is 23.4. The minimum atomic E-state index is -0.770. The van der Waals surface area contributed by atoms with Crippen molar-refractivity contribution in [2.75, 3.05) is 5.32 Å². The first kappa shape index (κ1) is 15.7. The maximum Gasteiger partial charge on any atom is 0.314 e. The number of rotatable bonds is 4. The van der Waals surface area contributed by atoms with E-state index >= 15 is 0 Å². The van der Waals surface area contributed by atoms with Crippen LogP contribution >= 0.6 is 15.9 Å². The van der Waals surface area contributed by atoms with Gasteiger partial charge < -0.3 is 5.32 Å². The monoisotopic (exact) mass is 380 g/mol. The number of nitrogens with zero attached hydrogens (tertiary/aromatic N) is 2. The van der Waals surface area contributed by atoms with E-state index in [2.05, 4.69) is 31.7 Å². The second-order valence-corrected chi connectivity index (χ2v) is 6.17. The summed E-state index contributed by atoms with van der Waals surface area (Å²) < 4.78 is 15.6. The lowest BCUT2D eigenvalue weighted by Gasteiger charge is -2.04. The zero-order chi connectivity index (χ0) is 16.4. The number of hydrogen-bond donors (Lipinski definition) is 2. The topological polar surface area (TPSA) is 76.0 Å². The highest BCUT2D eigenvalue weighted by Gasteiger charge is 2.27. The third kappa shape index (κ3) is 3.95. The van der Waals surface area contributed by atoms with E-state index < -0.39 is 11.8 Å². The minimum Gasteiger partial charge on any atom is -0.345 e. The third-order valence-corrected chi connectivity index (χ3v) is 3.94. The van der Waals surface area contributed by atoms with Crippen LogP contribution in [-0.4, -0.2) is 27.6 Å². The summed E-state index contributed by atoms with van der Waals surface area (Å²) in [5.74, 6) is -1.55. The predicted octanol–water partition coefficient (Wildman–Crippen LogP) is 2.05. The van der Waals surface area contributed by atoms with E-state index in [1.807, 2.05) is 0 Å². The number of hydrogen-bond acceptors (Lipinski definition) is 3. The Morgan fingerprint density at radius 2 is 2.04 bits per heavy atom. The molecular formula is C15H14BrFN4O2. The Labute approximate surface area is 140 Å². The minimum absolute atomic E-state index is 0.107. The van der Waals surface area contributed by atoms with E-state index in [1.165, 1.54) is 10.7 Å². The summed E-state index contributed by atoms with van der Waals surface area (Å²) in [6.45, 7) is 0.218. The molecule has 0 bridgehead atoms. The predicted molar refractivity (Wildman–Crippen MR) is 85.2 cm³/mol. The van der Waals surface area contributed by atoms with Gasteiger partial charge in [0.1, 0.15) is 5.82 Å². The summed E-state index contributed by atoms with van der Waals surface area (Å²) >= 11 is 3.27. The number of carbonyl (C=O) groups excluding carboxylic acids is 2. The van der Waals surface area contributed by atoms with Crippen LogP contribution in [0.5, 0.6) is 0 Å². The normalized spacial score (nSPS) is 13.7. The average Bonchev–Trinajstić information content (AvgIpc) is 3.26. The summed E-state index contributed by atoms with van der Waals surface area (Å²) in [5, 5.41) is 9.19. The van der Waals surface area contributed by atoms with Gasteiger partial charge in [-0.1, -0.05) is 18.2 Å². The van der Waals surface area contributed by atoms with Crippen molar-refractivity contribution in [2.24, 2.45) is 0 Å². The fourth-order valence-corrected chi connectivity index (χ4v) is 2.42. The van der Waals surface area contributed by atoms with Gasteiger partial charge in [0.15, 0.2) is 5.82 Å². The lowest BCUT2D eigenvalue weighted by molar-refractivity contribution is -0.136. The van der Waals surface area contributed by atoms with Crippen LogP contribution in [0.15, 0.2) is 34.9 Å². The molecule has 23 heavy (non-hydrogen) atoms. The molecule has 2 aromatic rings. The molecule has 6 nitrogen and oxygen atoms in total. The summed E-state index contributed by atoms with van der Waals surface area (Å²) in [6, 6.07) is 6.49. The number of carbonyl (C=O) groups is 2. The van der Waals surface area contributed by atoms with Crippen LogP contribution in [0.1, 0.15) is 18.4 Å². The quantitative estimate of drug-likeness (QED) is 0.797. The Morgan fingerprint density at radius 1 is 1.30 bits per heavy atom. The highest BCUT2D eigenvalue weighted by Crippen LogP contribution is 2.22. The van der Waals surface area contributed by atoms with Gasteiger partial charge in [-0.15, -0.1) is 0 Å². The van der Waals surface area contributed by atoms with E-state index in [0.717, 1.165) is 12.8 Å². The van der Waals surface area contributed by atoms with Crippen molar-refractivity contribution in [1.29, 1.82) is 0 Å². The maximum absolute atomic E-state index is 13.7. The molecule has 2 N–H and O–H groups in total. The molecule has 1 aromatic carbocycles. The van der Waals surface area contributed by atoms with Crippen LogP contribution in [0, 0.1) is 5.82 Å². The fourth-order valence-electron chi connectivity index (χ4n) is 2.01. The summed E-state index contributed by atoms with van der Waals surface area (Å²) in [7, 11) is 0. The van der Waals surface area contributed by atoms with Crippen LogP contribution in [0.4, 0.5) is 10.2 Å². The van der Waals surface area contributed by atoms with E-state index in [1.54, 1.807) is 24.4 Å². The molecule has 1 saturated carbocycles. The Hall–Kier alpha value is -2.22. The zero-order valence-corrected chi connectivity index (χ0v) is 13.6. The molecule has 120 valence electrons. The number of nitrogens with one attached hydrogen (secondary N) is 2. The molecule has 0 aliphatic heterocycles. The molecule has 0 spiro atoms. The van der Waals surface area contributed by atoms with E-state index in [9.17, 15) is 14.0 Å². The van der Waals surface area contributed by atoms with Crippen LogP contribution in [-0.2, 0) is 16.1 Å². The fraction of sp³-hybridized carbons (Fsp3) is 0.267. The molecule has 1 aliphatic rings. The molecule has 0 radical (unpaired) electrons. The van der Waals surface area contributed by atoms with Crippen molar-refractivity contribution >= 4 is 33.6 Å².